The molecule has 3 saturated carbocycles. The van der Waals surface area contributed by atoms with Crippen molar-refractivity contribution in [2.75, 3.05) is 26.0 Å². The number of benzene rings is 2. The van der Waals surface area contributed by atoms with E-state index in [0.717, 1.165) is 34.4 Å². The van der Waals surface area contributed by atoms with Crippen molar-refractivity contribution in [3.63, 3.8) is 0 Å². The zero-order valence-corrected chi connectivity index (χ0v) is 40.8. The number of halogens is 3. The number of rotatable bonds is 17. The lowest BCUT2D eigenvalue weighted by molar-refractivity contribution is -0.228. The lowest BCUT2D eigenvalue weighted by Gasteiger charge is -2.63. The number of carbonyl (C=O) groups excluding carboxylic acids is 7. The molecule has 15 nitrogen and oxygen atoms in total. The minimum atomic E-state index is -2.43. The third-order valence-electron chi connectivity index (χ3n) is 15.5. The third-order valence-corrected chi connectivity index (χ3v) is 16.2. The van der Waals surface area contributed by atoms with Gasteiger partial charge < -0.3 is 40.6 Å². The minimum absolute atomic E-state index is 0.0486. The van der Waals surface area contributed by atoms with Crippen LogP contribution in [0.3, 0.4) is 0 Å². The summed E-state index contributed by atoms with van der Waals surface area (Å²) in [6, 6.07) is 11.4. The molecule has 7 rings (SSSR count). The normalized spacial score (nSPS) is 30.7. The zero-order chi connectivity index (χ0) is 50.9. The minimum Gasteiger partial charge on any atom is -0.449 e. The van der Waals surface area contributed by atoms with Gasteiger partial charge in [-0.05, 0) is 111 Å². The van der Waals surface area contributed by atoms with Crippen molar-refractivity contribution < 1.29 is 66.1 Å². The molecule has 19 heteroatoms. The van der Waals surface area contributed by atoms with Gasteiger partial charge in [-0.3, -0.25) is 28.8 Å². The summed E-state index contributed by atoms with van der Waals surface area (Å²) in [5.41, 5.74) is -3.36. The maximum absolute atomic E-state index is 17.7. The number of fused-ring (bicyclic) bond motifs is 8. The van der Waals surface area contributed by atoms with E-state index in [9.17, 15) is 43.1 Å². The molecule has 0 spiro atoms. The van der Waals surface area contributed by atoms with Crippen LogP contribution >= 0.6 is 11.8 Å². The Morgan fingerprint density at radius 1 is 0.871 bits per heavy atom. The van der Waals surface area contributed by atoms with Crippen molar-refractivity contribution in [1.82, 2.24) is 21.3 Å². The summed E-state index contributed by atoms with van der Waals surface area (Å²) in [7, 11) is 0. The van der Waals surface area contributed by atoms with Crippen molar-refractivity contribution in [2.24, 2.45) is 28.6 Å². The fourth-order valence-corrected chi connectivity index (χ4v) is 12.8. The van der Waals surface area contributed by atoms with Crippen LogP contribution in [0.2, 0.25) is 0 Å². The Morgan fingerprint density at radius 3 is 2.10 bits per heavy atom. The summed E-state index contributed by atoms with van der Waals surface area (Å²) in [6.45, 7) is 8.64. The molecule has 12 atom stereocenters. The lowest BCUT2D eigenvalue weighted by atomic mass is 9.44. The number of amides is 4. The lowest BCUT2D eigenvalue weighted by Crippen LogP contribution is -2.70. The first-order valence-electron chi connectivity index (χ1n) is 23.6. The Bertz CT molecular complexity index is 2430. The van der Waals surface area contributed by atoms with Crippen LogP contribution in [0.1, 0.15) is 90.7 Å². The molecule has 0 radical (unpaired) electrons. The number of esters is 1. The van der Waals surface area contributed by atoms with Gasteiger partial charge in [0.15, 0.2) is 17.1 Å². The van der Waals surface area contributed by atoms with E-state index >= 15 is 8.78 Å². The maximum atomic E-state index is 17.7. The largest absolute Gasteiger partial charge is 0.449 e. The van der Waals surface area contributed by atoms with Crippen LogP contribution in [0.4, 0.5) is 18.0 Å². The number of alkyl carbamates (subject to hydrolysis) is 1. The summed E-state index contributed by atoms with van der Waals surface area (Å²) in [5.74, 6) is -6.15. The number of thioether (sulfide) groups is 1. The first-order chi connectivity index (χ1) is 33.1. The van der Waals surface area contributed by atoms with Gasteiger partial charge in [0, 0.05) is 41.6 Å². The average molecular weight is 995 g/mol. The third kappa shape index (κ3) is 9.28. The molecule has 5 N–H and O–H groups in total. The van der Waals surface area contributed by atoms with Crippen LogP contribution in [-0.4, -0.2) is 113 Å². The van der Waals surface area contributed by atoms with Gasteiger partial charge in [0.25, 0.3) is 0 Å². The molecule has 4 amide bonds. The summed E-state index contributed by atoms with van der Waals surface area (Å²) in [5, 5.41) is 20.9. The number of nitrogens with one attached hydrogen (secondary N) is 4. The van der Waals surface area contributed by atoms with E-state index in [1.165, 1.54) is 33.8 Å². The first kappa shape index (κ1) is 52.3. The average Bonchev–Trinajstić information content (AvgIpc) is 3.75. The van der Waals surface area contributed by atoms with E-state index in [0.29, 0.717) is 11.8 Å². The van der Waals surface area contributed by atoms with E-state index in [1.807, 2.05) is 48.5 Å². The van der Waals surface area contributed by atoms with Crippen LogP contribution in [0.15, 0.2) is 72.3 Å². The van der Waals surface area contributed by atoms with Crippen molar-refractivity contribution in [1.29, 1.82) is 0 Å². The van der Waals surface area contributed by atoms with Crippen LogP contribution in [0.25, 0.3) is 11.1 Å². The zero-order valence-electron chi connectivity index (χ0n) is 40.0. The molecular formula is C51H61F3N4O11S. The Morgan fingerprint density at radius 2 is 1.47 bits per heavy atom. The topological polar surface area (TPSA) is 216 Å². The van der Waals surface area contributed by atoms with Crippen LogP contribution in [0, 0.1) is 28.6 Å². The molecule has 0 aromatic heterocycles. The Kier molecular flexibility index (Phi) is 15.4. The standard InChI is InChI=1S/C51H61F3N4O11S/c1-27-20-37-38-22-40(53)39-21-31(59)17-18-48(39,5)50(38,54)41(60)23-49(37,6)51(27,46(65)70-25-52)69-42(61)16-11-19-67-26-55-43(62)28(2)56-44(63)29(3)57-45(64)30(4)58-47(66)68-24-36-34-14-9-7-12-32(34)33-13-8-10-15-35(33)36/h7-10,12-15,17-18,21,27-30,36-38,40-41,60H,11,16,19-20,22-26H2,1-6H3,(H,55,62)(H,56,63)(H,57,64)(H,58,66)/t27?,28-,29-,30-,37?,38?,40?,41?,48?,49?,50?,51?/m0/s1. The molecule has 5 aliphatic carbocycles. The van der Waals surface area contributed by atoms with Gasteiger partial charge in [-0.15, -0.1) is 0 Å². The molecule has 9 unspecified atom stereocenters. The molecular weight excluding hydrogens is 934 g/mol. The number of hydrogen-bond acceptors (Lipinski definition) is 12. The highest BCUT2D eigenvalue weighted by molar-refractivity contribution is 8.13. The predicted molar refractivity (Wildman–Crippen MR) is 252 cm³/mol. The molecule has 3 fully saturated rings. The number of carbonyl (C=O) groups is 7. The molecule has 2 aromatic carbocycles. The van der Waals surface area contributed by atoms with E-state index in [2.05, 4.69) is 21.3 Å². The Hall–Kier alpha value is -5.53. The number of hydrogen-bond donors (Lipinski definition) is 5. The fourth-order valence-electron chi connectivity index (χ4n) is 12.0. The molecule has 378 valence electrons. The maximum Gasteiger partial charge on any atom is 0.407 e. The molecule has 0 bridgehead atoms. The van der Waals surface area contributed by atoms with Crippen molar-refractivity contribution in [3.8, 4) is 11.1 Å². The van der Waals surface area contributed by atoms with Gasteiger partial charge in [-0.25, -0.2) is 18.0 Å². The summed E-state index contributed by atoms with van der Waals surface area (Å²) >= 11 is 0.310. The highest BCUT2D eigenvalue weighted by Gasteiger charge is 2.78. The number of aliphatic hydroxyl groups excluding tert-OH is 1. The van der Waals surface area contributed by atoms with Crippen LogP contribution in [0.5, 0.6) is 0 Å². The Labute approximate surface area is 408 Å². The second-order valence-electron chi connectivity index (χ2n) is 19.6. The summed E-state index contributed by atoms with van der Waals surface area (Å²) in [4.78, 5) is 91.0. The molecule has 5 aliphatic rings. The molecule has 0 saturated heterocycles. The summed E-state index contributed by atoms with van der Waals surface area (Å²) < 4.78 is 64.6. The van der Waals surface area contributed by atoms with Crippen molar-refractivity contribution in [2.45, 2.75) is 121 Å². The van der Waals surface area contributed by atoms with Crippen molar-refractivity contribution in [3.05, 3.63) is 83.5 Å². The van der Waals surface area contributed by atoms with E-state index < -0.39 is 117 Å². The highest BCUT2D eigenvalue weighted by Crippen LogP contribution is 2.72. The highest BCUT2D eigenvalue weighted by atomic mass is 32.2. The molecule has 0 aliphatic heterocycles. The van der Waals surface area contributed by atoms with Gasteiger partial charge in [-0.2, -0.15) is 0 Å². The number of ether oxygens (including phenoxy) is 3. The van der Waals surface area contributed by atoms with E-state index in [-0.39, 0.29) is 63.5 Å². The van der Waals surface area contributed by atoms with Gasteiger partial charge >= 0.3 is 12.1 Å². The fraction of sp³-hybridized carbons (Fsp3) is 0.549. The predicted octanol–water partition coefficient (Wildman–Crippen LogP) is 5.83. The quantitative estimate of drug-likeness (QED) is 0.0720. The van der Waals surface area contributed by atoms with Gasteiger partial charge in [0.2, 0.25) is 22.8 Å². The first-order valence-corrected chi connectivity index (χ1v) is 24.6. The van der Waals surface area contributed by atoms with E-state index in [4.69, 9.17) is 14.2 Å². The number of alkyl halides is 3. The van der Waals surface area contributed by atoms with E-state index in [1.54, 1.807) is 13.8 Å². The number of aliphatic hydroxyl groups is 1. The second-order valence-corrected chi connectivity index (χ2v) is 20.5. The monoisotopic (exact) mass is 994 g/mol. The SMILES string of the molecule is CC1CC2C3CC(F)C4=CC(=O)C=CC4(C)C3(F)C(O)CC2(C)C1(OC(=O)CCCOCNC(=O)[C@H](C)NC(=O)[C@H](C)NC(=O)[C@H](C)NC(=O)OCC1c2ccccc2-c2ccccc21)C(=O)SCF. The summed E-state index contributed by atoms with van der Waals surface area (Å²) in [6.07, 6.45) is -1.57. The van der Waals surface area contributed by atoms with Gasteiger partial charge in [0.1, 0.15) is 43.6 Å². The smallest absolute Gasteiger partial charge is 0.407 e. The number of allylic oxidation sites excluding steroid dienone is 4. The molecule has 70 heavy (non-hydrogen) atoms. The van der Waals surface area contributed by atoms with Crippen molar-refractivity contribution >= 4 is 52.4 Å². The second kappa shape index (κ2) is 20.7. The van der Waals surface area contributed by atoms with Crippen LogP contribution < -0.4 is 21.3 Å². The van der Waals surface area contributed by atoms with Crippen LogP contribution in [-0.2, 0) is 43.0 Å². The Balaban J connectivity index is 0.840. The number of ketones is 1. The molecule has 2 aromatic rings. The molecule has 0 heterocycles. The van der Waals surface area contributed by atoms with Gasteiger partial charge in [0.05, 0.1) is 6.10 Å². The van der Waals surface area contributed by atoms with Gasteiger partial charge in [-0.1, -0.05) is 68.5 Å².